The number of benzene rings is 2. The van der Waals surface area contributed by atoms with Crippen molar-refractivity contribution in [1.29, 1.82) is 0 Å². The number of fused-ring (bicyclic) bond motifs is 1. The van der Waals surface area contributed by atoms with Crippen LogP contribution in [0.25, 0.3) is 17.0 Å². The molecule has 0 radical (unpaired) electrons. The zero-order chi connectivity index (χ0) is 17.6. The van der Waals surface area contributed by atoms with Gasteiger partial charge in [0.05, 0.1) is 4.92 Å². The Morgan fingerprint density at radius 1 is 1.20 bits per heavy atom. The highest BCUT2D eigenvalue weighted by Gasteiger charge is 2.05. The lowest BCUT2D eigenvalue weighted by atomic mass is 10.1. The Morgan fingerprint density at radius 3 is 2.88 bits per heavy atom. The maximum Gasteiger partial charge on any atom is 0.270 e. The number of carbonyl (C=O) groups is 1. The van der Waals surface area contributed by atoms with Gasteiger partial charge in [0, 0.05) is 41.9 Å². The average molecular weight is 335 g/mol. The Morgan fingerprint density at radius 2 is 2.04 bits per heavy atom. The number of hydrogen-bond donors (Lipinski definition) is 2. The van der Waals surface area contributed by atoms with Crippen LogP contribution in [0, 0.1) is 10.1 Å². The van der Waals surface area contributed by atoms with Gasteiger partial charge in [-0.3, -0.25) is 14.9 Å². The summed E-state index contributed by atoms with van der Waals surface area (Å²) in [5.74, 6) is -0.230. The van der Waals surface area contributed by atoms with E-state index in [2.05, 4.69) is 10.3 Å². The molecule has 0 aliphatic rings. The van der Waals surface area contributed by atoms with Crippen LogP contribution in [0.2, 0.25) is 0 Å². The van der Waals surface area contributed by atoms with Gasteiger partial charge < -0.3 is 10.3 Å². The van der Waals surface area contributed by atoms with Gasteiger partial charge in [-0.25, -0.2) is 0 Å². The molecule has 3 rings (SSSR count). The fourth-order valence-electron chi connectivity index (χ4n) is 2.63. The van der Waals surface area contributed by atoms with Crippen LogP contribution >= 0.6 is 0 Å². The quantitative estimate of drug-likeness (QED) is 0.411. The van der Waals surface area contributed by atoms with Gasteiger partial charge in [0.1, 0.15) is 0 Å². The molecule has 0 fully saturated rings. The van der Waals surface area contributed by atoms with E-state index >= 15 is 0 Å². The topological polar surface area (TPSA) is 88.0 Å². The summed E-state index contributed by atoms with van der Waals surface area (Å²) in [7, 11) is 0. The van der Waals surface area contributed by atoms with E-state index in [0.717, 1.165) is 22.9 Å². The van der Waals surface area contributed by atoms with Crippen LogP contribution in [0.3, 0.4) is 0 Å². The maximum atomic E-state index is 11.9. The van der Waals surface area contributed by atoms with Crippen LogP contribution in [0.15, 0.2) is 60.8 Å². The number of nitrogens with zero attached hydrogens (tertiary/aromatic N) is 1. The van der Waals surface area contributed by atoms with Crippen molar-refractivity contribution < 1.29 is 9.72 Å². The minimum Gasteiger partial charge on any atom is -0.361 e. The van der Waals surface area contributed by atoms with Gasteiger partial charge in [-0.15, -0.1) is 0 Å². The van der Waals surface area contributed by atoms with Gasteiger partial charge in [0.25, 0.3) is 5.69 Å². The van der Waals surface area contributed by atoms with Crippen molar-refractivity contribution in [1.82, 2.24) is 10.3 Å². The summed E-state index contributed by atoms with van der Waals surface area (Å²) in [5, 5.41) is 14.7. The summed E-state index contributed by atoms with van der Waals surface area (Å²) in [6, 6.07) is 14.2. The molecule has 25 heavy (non-hydrogen) atoms. The van der Waals surface area contributed by atoms with E-state index in [1.165, 1.54) is 18.2 Å². The molecule has 0 aliphatic heterocycles. The van der Waals surface area contributed by atoms with E-state index < -0.39 is 4.92 Å². The molecule has 0 saturated carbocycles. The second kappa shape index (κ2) is 7.44. The van der Waals surface area contributed by atoms with Crippen LogP contribution in [0.4, 0.5) is 5.69 Å². The van der Waals surface area contributed by atoms with E-state index in [4.69, 9.17) is 0 Å². The number of para-hydroxylation sites is 1. The van der Waals surface area contributed by atoms with E-state index in [9.17, 15) is 14.9 Å². The summed E-state index contributed by atoms with van der Waals surface area (Å²) in [6.07, 6.45) is 5.62. The SMILES string of the molecule is O=C(C=Cc1cccc([N+](=O)[O-])c1)NCCc1c[nH]c2ccccc12. The first-order valence-electron chi connectivity index (χ1n) is 7.89. The molecule has 2 aromatic carbocycles. The van der Waals surface area contributed by atoms with Gasteiger partial charge in [0.2, 0.25) is 5.91 Å². The fourth-order valence-corrected chi connectivity index (χ4v) is 2.63. The third kappa shape index (κ3) is 4.11. The van der Waals surface area contributed by atoms with Gasteiger partial charge in [-0.05, 0) is 29.7 Å². The number of aromatic amines is 1. The number of nitro benzene ring substituents is 1. The summed E-state index contributed by atoms with van der Waals surface area (Å²) in [5.41, 5.74) is 2.84. The Hall–Kier alpha value is -3.41. The molecule has 6 nitrogen and oxygen atoms in total. The molecule has 1 amide bonds. The third-order valence-electron chi connectivity index (χ3n) is 3.88. The molecule has 0 saturated heterocycles. The summed E-state index contributed by atoms with van der Waals surface area (Å²) >= 11 is 0. The number of rotatable bonds is 6. The van der Waals surface area contributed by atoms with Crippen LogP contribution in [0.5, 0.6) is 0 Å². The molecule has 0 unspecified atom stereocenters. The first-order valence-corrected chi connectivity index (χ1v) is 7.89. The van der Waals surface area contributed by atoms with E-state index in [1.54, 1.807) is 18.2 Å². The van der Waals surface area contributed by atoms with Crippen LogP contribution in [-0.2, 0) is 11.2 Å². The largest absolute Gasteiger partial charge is 0.361 e. The maximum absolute atomic E-state index is 11.9. The highest BCUT2D eigenvalue weighted by atomic mass is 16.6. The monoisotopic (exact) mass is 335 g/mol. The molecule has 0 aliphatic carbocycles. The zero-order valence-corrected chi connectivity index (χ0v) is 13.4. The predicted molar refractivity (Wildman–Crippen MR) is 97.1 cm³/mol. The normalized spacial score (nSPS) is 11.0. The van der Waals surface area contributed by atoms with E-state index in [1.807, 2.05) is 30.5 Å². The van der Waals surface area contributed by atoms with Crippen LogP contribution < -0.4 is 5.32 Å². The van der Waals surface area contributed by atoms with Crippen LogP contribution in [0.1, 0.15) is 11.1 Å². The molecule has 0 spiro atoms. The number of nitrogens with one attached hydrogen (secondary N) is 2. The van der Waals surface area contributed by atoms with Crippen molar-refractivity contribution in [3.63, 3.8) is 0 Å². The van der Waals surface area contributed by atoms with Crippen molar-refractivity contribution >= 4 is 28.6 Å². The first-order chi connectivity index (χ1) is 12.1. The first kappa shape index (κ1) is 16.4. The van der Waals surface area contributed by atoms with Crippen molar-refractivity contribution in [3.05, 3.63) is 82.0 Å². The molecule has 3 aromatic rings. The van der Waals surface area contributed by atoms with Gasteiger partial charge in [-0.1, -0.05) is 30.3 Å². The molecule has 6 heteroatoms. The number of aromatic nitrogens is 1. The highest BCUT2D eigenvalue weighted by Crippen LogP contribution is 2.17. The summed E-state index contributed by atoms with van der Waals surface area (Å²) < 4.78 is 0. The molecule has 1 aromatic heterocycles. The Kier molecular flexibility index (Phi) is 4.89. The van der Waals surface area contributed by atoms with Gasteiger partial charge >= 0.3 is 0 Å². The molecular weight excluding hydrogens is 318 g/mol. The molecule has 0 atom stereocenters. The molecule has 126 valence electrons. The minimum absolute atomic E-state index is 0.00175. The molecule has 0 bridgehead atoms. The van der Waals surface area contributed by atoms with Gasteiger partial charge in [0.15, 0.2) is 0 Å². The standard InChI is InChI=1S/C19H17N3O3/c23-19(9-8-14-4-3-5-16(12-14)22(24)25)20-11-10-15-13-21-18-7-2-1-6-17(15)18/h1-9,12-13,21H,10-11H2,(H,20,23). The second-order valence-corrected chi connectivity index (χ2v) is 5.59. The van der Waals surface area contributed by atoms with E-state index in [0.29, 0.717) is 12.1 Å². The molecule has 1 heterocycles. The Balaban J connectivity index is 1.54. The number of nitro groups is 1. The Bertz CT molecular complexity index is 944. The Labute approximate surface area is 144 Å². The number of carbonyl (C=O) groups excluding carboxylic acids is 1. The molecule has 2 N–H and O–H groups in total. The fraction of sp³-hybridized carbons (Fsp3) is 0.105. The molecular formula is C19H17N3O3. The summed E-state index contributed by atoms with van der Waals surface area (Å²) in [6.45, 7) is 0.514. The van der Waals surface area contributed by atoms with Crippen molar-refractivity contribution in [3.8, 4) is 0 Å². The number of hydrogen-bond acceptors (Lipinski definition) is 3. The lowest BCUT2D eigenvalue weighted by Crippen LogP contribution is -2.23. The summed E-state index contributed by atoms with van der Waals surface area (Å²) in [4.78, 5) is 25.4. The lowest BCUT2D eigenvalue weighted by molar-refractivity contribution is -0.384. The van der Waals surface area contributed by atoms with Crippen molar-refractivity contribution in [2.24, 2.45) is 0 Å². The van der Waals surface area contributed by atoms with Crippen LogP contribution in [-0.4, -0.2) is 22.4 Å². The predicted octanol–water partition coefficient (Wildman–Crippen LogP) is 3.45. The van der Waals surface area contributed by atoms with Crippen molar-refractivity contribution in [2.75, 3.05) is 6.54 Å². The highest BCUT2D eigenvalue weighted by molar-refractivity contribution is 5.91. The number of amides is 1. The smallest absolute Gasteiger partial charge is 0.270 e. The number of non-ortho nitro benzene ring substituents is 1. The third-order valence-corrected chi connectivity index (χ3v) is 3.88. The lowest BCUT2D eigenvalue weighted by Gasteiger charge is -2.02. The zero-order valence-electron chi connectivity index (χ0n) is 13.4. The minimum atomic E-state index is -0.460. The second-order valence-electron chi connectivity index (χ2n) is 5.59. The number of H-pyrrole nitrogens is 1. The van der Waals surface area contributed by atoms with Crippen molar-refractivity contribution in [2.45, 2.75) is 6.42 Å². The average Bonchev–Trinajstić information content (AvgIpc) is 3.03. The van der Waals surface area contributed by atoms with Gasteiger partial charge in [-0.2, -0.15) is 0 Å². The van der Waals surface area contributed by atoms with E-state index in [-0.39, 0.29) is 11.6 Å².